The van der Waals surface area contributed by atoms with Crippen LogP contribution in [0.15, 0.2) is 35.3 Å². The number of amides is 4. The summed E-state index contributed by atoms with van der Waals surface area (Å²) in [5, 5.41) is 10.2. The number of hydrogen-bond donors (Lipinski definition) is 4. The molecule has 1 atom stereocenters. The van der Waals surface area contributed by atoms with E-state index in [0.29, 0.717) is 0 Å². The third-order valence-corrected chi connectivity index (χ3v) is 4.84. The van der Waals surface area contributed by atoms with Gasteiger partial charge in [-0.3, -0.25) is 14.9 Å². The molecule has 1 aromatic carbocycles. The standard InChI is InChI=1S/C30H47N5O9/c1-28(2,3)42-25(38)33-21(23(37)32-18-22(36)41-19-20-14-11-10-12-15-20)16-13-17-31-24(34-26(39)43-29(4,5)6)35-27(40)44-30(7,8)9/h10-12,14-15,21H,13,16-19H2,1-9H3,(H,32,37)(H,33,38)(H2,31,34,35,39,40)/t21-/m0/s1. The lowest BCUT2D eigenvalue weighted by Crippen LogP contribution is -2.49. The van der Waals surface area contributed by atoms with Crippen LogP contribution in [0, 0.1) is 0 Å². The minimum atomic E-state index is -1.08. The average Bonchev–Trinajstić information content (AvgIpc) is 2.84. The summed E-state index contributed by atoms with van der Waals surface area (Å²) < 4.78 is 20.9. The summed E-state index contributed by atoms with van der Waals surface area (Å²) in [4.78, 5) is 65.9. The number of alkyl carbamates (subject to hydrolysis) is 2. The Morgan fingerprint density at radius 2 is 1.34 bits per heavy atom. The molecule has 0 saturated carbocycles. The Labute approximate surface area is 259 Å². The molecule has 0 radical (unpaired) electrons. The van der Waals surface area contributed by atoms with E-state index < -0.39 is 59.5 Å². The Morgan fingerprint density at radius 1 is 0.773 bits per heavy atom. The van der Waals surface area contributed by atoms with E-state index in [1.165, 1.54) is 0 Å². The van der Waals surface area contributed by atoms with Crippen LogP contribution in [0.1, 0.15) is 80.7 Å². The van der Waals surface area contributed by atoms with Gasteiger partial charge in [-0.25, -0.2) is 14.4 Å². The maximum atomic E-state index is 12.9. The van der Waals surface area contributed by atoms with Gasteiger partial charge in [-0.2, -0.15) is 0 Å². The molecule has 4 amide bonds. The second-order valence-electron chi connectivity index (χ2n) is 12.7. The van der Waals surface area contributed by atoms with Crippen molar-refractivity contribution < 1.29 is 42.9 Å². The van der Waals surface area contributed by atoms with Crippen LogP contribution in [0.5, 0.6) is 0 Å². The molecular weight excluding hydrogens is 574 g/mol. The number of carbonyl (C=O) groups is 5. The molecule has 0 unspecified atom stereocenters. The first-order valence-electron chi connectivity index (χ1n) is 14.2. The molecule has 0 aliphatic carbocycles. The lowest BCUT2D eigenvalue weighted by Gasteiger charge is -2.23. The largest absolute Gasteiger partial charge is 0.460 e. The summed E-state index contributed by atoms with van der Waals surface area (Å²) in [6.45, 7) is 14.8. The molecule has 14 nitrogen and oxygen atoms in total. The highest BCUT2D eigenvalue weighted by atomic mass is 16.6. The first-order chi connectivity index (χ1) is 20.2. The Kier molecular flexibility index (Phi) is 14.6. The molecule has 0 aliphatic rings. The van der Waals surface area contributed by atoms with Crippen LogP contribution in [-0.2, 0) is 35.1 Å². The molecule has 0 fully saturated rings. The fraction of sp³-hybridized carbons (Fsp3) is 0.600. The van der Waals surface area contributed by atoms with Gasteiger partial charge in [-0.05, 0) is 80.7 Å². The third-order valence-electron chi connectivity index (χ3n) is 4.84. The van der Waals surface area contributed by atoms with Crippen LogP contribution in [-0.4, -0.2) is 72.1 Å². The van der Waals surface area contributed by atoms with E-state index in [1.807, 2.05) is 18.2 Å². The number of guanidine groups is 1. The molecule has 0 aromatic heterocycles. The van der Waals surface area contributed by atoms with E-state index in [0.717, 1.165) is 5.56 Å². The van der Waals surface area contributed by atoms with Crippen LogP contribution in [0.4, 0.5) is 14.4 Å². The van der Waals surface area contributed by atoms with E-state index in [1.54, 1.807) is 74.4 Å². The zero-order valence-electron chi connectivity index (χ0n) is 27.1. The Bertz CT molecular complexity index is 1150. The second kappa shape index (κ2) is 17.1. The molecule has 44 heavy (non-hydrogen) atoms. The van der Waals surface area contributed by atoms with Crippen LogP contribution in [0.25, 0.3) is 0 Å². The van der Waals surface area contributed by atoms with Crippen molar-refractivity contribution in [2.45, 2.75) is 105 Å². The van der Waals surface area contributed by atoms with Gasteiger partial charge in [0.1, 0.15) is 36.0 Å². The maximum Gasteiger partial charge on any atom is 0.437 e. The average molecular weight is 622 g/mol. The molecule has 246 valence electrons. The first-order valence-corrected chi connectivity index (χ1v) is 14.2. The molecule has 1 rings (SSSR count). The number of ether oxygens (including phenoxy) is 4. The number of carbonyl (C=O) groups excluding carboxylic acids is 5. The monoisotopic (exact) mass is 621 g/mol. The van der Waals surface area contributed by atoms with Crippen molar-refractivity contribution in [3.63, 3.8) is 0 Å². The van der Waals surface area contributed by atoms with Crippen LogP contribution in [0.3, 0.4) is 0 Å². The fourth-order valence-electron chi connectivity index (χ4n) is 3.19. The van der Waals surface area contributed by atoms with Crippen molar-refractivity contribution >= 4 is 36.1 Å². The van der Waals surface area contributed by atoms with Crippen molar-refractivity contribution in [1.29, 1.82) is 0 Å². The van der Waals surface area contributed by atoms with E-state index in [2.05, 4.69) is 26.3 Å². The summed E-state index contributed by atoms with van der Waals surface area (Å²) in [6, 6.07) is 7.98. The maximum absolute atomic E-state index is 12.9. The molecule has 0 bridgehead atoms. The lowest BCUT2D eigenvalue weighted by atomic mass is 10.1. The zero-order valence-corrected chi connectivity index (χ0v) is 27.1. The van der Waals surface area contributed by atoms with Crippen molar-refractivity contribution in [1.82, 2.24) is 21.3 Å². The predicted octanol–water partition coefficient (Wildman–Crippen LogP) is 3.92. The van der Waals surface area contributed by atoms with Gasteiger partial charge >= 0.3 is 24.2 Å². The molecule has 0 aliphatic heterocycles. The molecule has 0 spiro atoms. The van der Waals surface area contributed by atoms with Crippen molar-refractivity contribution in [2.75, 3.05) is 13.1 Å². The van der Waals surface area contributed by atoms with E-state index >= 15 is 0 Å². The van der Waals surface area contributed by atoms with Crippen molar-refractivity contribution in [3.8, 4) is 0 Å². The molecule has 0 saturated heterocycles. The van der Waals surface area contributed by atoms with Gasteiger partial charge in [0, 0.05) is 6.54 Å². The van der Waals surface area contributed by atoms with Crippen molar-refractivity contribution in [2.24, 2.45) is 4.99 Å². The summed E-state index contributed by atoms with van der Waals surface area (Å²) >= 11 is 0. The Hall–Kier alpha value is -4.36. The number of hydrogen-bond acceptors (Lipinski definition) is 9. The van der Waals surface area contributed by atoms with Crippen LogP contribution in [0.2, 0.25) is 0 Å². The number of esters is 1. The van der Waals surface area contributed by atoms with Gasteiger partial charge in [0.2, 0.25) is 11.9 Å². The number of benzene rings is 1. The molecule has 1 aromatic rings. The highest BCUT2D eigenvalue weighted by molar-refractivity contribution is 5.98. The minimum absolute atomic E-state index is 0.0469. The smallest absolute Gasteiger partial charge is 0.437 e. The molecular formula is C30H47N5O9. The number of rotatable bonds is 10. The van der Waals surface area contributed by atoms with Gasteiger partial charge < -0.3 is 34.9 Å². The highest BCUT2D eigenvalue weighted by Crippen LogP contribution is 2.10. The van der Waals surface area contributed by atoms with Gasteiger partial charge in [0.25, 0.3) is 0 Å². The topological polar surface area (TPSA) is 183 Å². The van der Waals surface area contributed by atoms with Gasteiger partial charge in [0.05, 0.1) is 0 Å². The SMILES string of the molecule is CC(C)(C)OC(=O)/N=C(\NCCC[C@H](NC(=O)OC(C)(C)C)C(=O)NCC(=O)OCc1ccccc1)NC(=O)OC(C)(C)C. The Balaban J connectivity index is 2.85. The zero-order chi connectivity index (χ0) is 33.6. The number of nitrogens with zero attached hydrogens (tertiary/aromatic N) is 1. The summed E-state index contributed by atoms with van der Waals surface area (Å²) in [5.41, 5.74) is -1.64. The number of aliphatic imine (C=N–C) groups is 1. The fourth-order valence-corrected chi connectivity index (χ4v) is 3.19. The van der Waals surface area contributed by atoms with E-state index in [9.17, 15) is 24.0 Å². The Morgan fingerprint density at radius 3 is 1.91 bits per heavy atom. The van der Waals surface area contributed by atoms with Gasteiger partial charge in [0.15, 0.2) is 0 Å². The number of nitrogens with one attached hydrogen (secondary N) is 4. The minimum Gasteiger partial charge on any atom is -0.460 e. The highest BCUT2D eigenvalue weighted by Gasteiger charge is 2.25. The molecule has 14 heteroatoms. The van der Waals surface area contributed by atoms with Crippen LogP contribution < -0.4 is 21.3 Å². The normalized spacial score (nSPS) is 12.7. The van der Waals surface area contributed by atoms with Crippen molar-refractivity contribution in [3.05, 3.63) is 35.9 Å². The van der Waals surface area contributed by atoms with E-state index in [-0.39, 0.29) is 32.0 Å². The second-order valence-corrected chi connectivity index (χ2v) is 12.7. The van der Waals surface area contributed by atoms with Gasteiger partial charge in [-0.1, -0.05) is 30.3 Å². The first kappa shape index (κ1) is 37.7. The van der Waals surface area contributed by atoms with E-state index in [4.69, 9.17) is 18.9 Å². The van der Waals surface area contributed by atoms with Gasteiger partial charge in [-0.15, -0.1) is 4.99 Å². The summed E-state index contributed by atoms with van der Waals surface area (Å²) in [7, 11) is 0. The predicted molar refractivity (Wildman–Crippen MR) is 163 cm³/mol. The molecule has 4 N–H and O–H groups in total. The third kappa shape index (κ3) is 18.9. The lowest BCUT2D eigenvalue weighted by molar-refractivity contribution is -0.145. The quantitative estimate of drug-likeness (QED) is 0.0982. The van der Waals surface area contributed by atoms with Crippen LogP contribution >= 0.6 is 0 Å². The summed E-state index contributed by atoms with van der Waals surface area (Å²) in [6.07, 6.45) is -2.29. The summed E-state index contributed by atoms with van der Waals surface area (Å²) in [5.74, 6) is -1.52. The molecule has 0 heterocycles.